The first-order valence-corrected chi connectivity index (χ1v) is 18.6. The Morgan fingerprint density at radius 2 is 0.865 bits per heavy atom. The third kappa shape index (κ3) is 5.42. The van der Waals surface area contributed by atoms with Gasteiger partial charge in [-0.2, -0.15) is 0 Å². The lowest BCUT2D eigenvalue weighted by Gasteiger charge is -2.28. The minimum Gasteiger partial charge on any atom is -0.310 e. The Balaban J connectivity index is 1.05. The Morgan fingerprint density at radius 3 is 1.62 bits per heavy atom. The van der Waals surface area contributed by atoms with Gasteiger partial charge in [-0.05, 0) is 110 Å². The molecule has 0 radical (unpaired) electrons. The molecule has 244 valence electrons. The fourth-order valence-corrected chi connectivity index (χ4v) is 8.72. The average molecular weight is 680 g/mol. The van der Waals surface area contributed by atoms with E-state index in [0.717, 1.165) is 17.1 Å². The number of rotatable bonds is 6. The van der Waals surface area contributed by atoms with Crippen molar-refractivity contribution in [3.63, 3.8) is 0 Å². The Hall–Kier alpha value is -6.48. The van der Waals surface area contributed by atoms with Crippen molar-refractivity contribution in [2.45, 2.75) is 0 Å². The molecule has 1 nitrogen and oxygen atoms in total. The van der Waals surface area contributed by atoms with Crippen LogP contribution in [0.3, 0.4) is 0 Å². The quantitative estimate of drug-likeness (QED) is 0.169. The highest BCUT2D eigenvalue weighted by Gasteiger charge is 2.18. The fraction of sp³-hybridized carbons (Fsp3) is 0. The van der Waals surface area contributed by atoms with Gasteiger partial charge in [0.2, 0.25) is 0 Å². The highest BCUT2D eigenvalue weighted by atomic mass is 32.1. The molecule has 1 aromatic heterocycles. The molecule has 0 fully saturated rings. The van der Waals surface area contributed by atoms with E-state index in [2.05, 4.69) is 205 Å². The standard InChI is InChI=1S/C50H33NS/c1-2-11-37(12-3-1)45-14-6-8-16-48(45)51(43-26-22-35(23-27-43)39-19-18-34-10-4-5-13-38(34)30-39)44-28-24-36(25-29-44)40-20-21-41-33-50-47(32-42(41)31-40)46-15-7-9-17-49(46)52-50/h1-33H. The molecule has 0 atom stereocenters. The molecule has 0 bridgehead atoms. The Bertz CT molecular complexity index is 2890. The fourth-order valence-electron chi connectivity index (χ4n) is 7.58. The highest BCUT2D eigenvalue weighted by Crippen LogP contribution is 2.42. The van der Waals surface area contributed by atoms with E-state index in [1.807, 2.05) is 11.3 Å². The van der Waals surface area contributed by atoms with E-state index in [9.17, 15) is 0 Å². The Labute approximate surface area is 307 Å². The summed E-state index contributed by atoms with van der Waals surface area (Å²) in [5.41, 5.74) is 10.6. The maximum absolute atomic E-state index is 2.38. The van der Waals surface area contributed by atoms with Crippen LogP contribution in [0.25, 0.3) is 75.1 Å². The molecule has 1 heterocycles. The van der Waals surface area contributed by atoms with E-state index in [4.69, 9.17) is 0 Å². The number of anilines is 3. The summed E-state index contributed by atoms with van der Waals surface area (Å²) >= 11 is 1.87. The Morgan fingerprint density at radius 1 is 0.308 bits per heavy atom. The van der Waals surface area contributed by atoms with Gasteiger partial charge in [-0.1, -0.05) is 140 Å². The summed E-state index contributed by atoms with van der Waals surface area (Å²) in [6.45, 7) is 0. The van der Waals surface area contributed by atoms with Gasteiger partial charge in [-0.3, -0.25) is 0 Å². The molecular weight excluding hydrogens is 647 g/mol. The molecule has 10 aromatic rings. The number of hydrogen-bond donors (Lipinski definition) is 0. The smallest absolute Gasteiger partial charge is 0.0540 e. The van der Waals surface area contributed by atoms with E-state index in [-0.39, 0.29) is 0 Å². The van der Waals surface area contributed by atoms with E-state index in [1.54, 1.807) is 0 Å². The first kappa shape index (κ1) is 30.4. The maximum Gasteiger partial charge on any atom is 0.0540 e. The SMILES string of the molecule is c1ccc(-c2ccccc2N(c2ccc(-c3ccc4ccccc4c3)cc2)c2ccc(-c3ccc4cc5sc6ccccc6c5cc4c3)cc2)cc1. The number of nitrogens with zero attached hydrogens (tertiary/aromatic N) is 1. The topological polar surface area (TPSA) is 3.24 Å². The summed E-state index contributed by atoms with van der Waals surface area (Å²) in [6, 6.07) is 73.0. The van der Waals surface area contributed by atoms with Crippen molar-refractivity contribution in [2.24, 2.45) is 0 Å². The monoisotopic (exact) mass is 679 g/mol. The summed E-state index contributed by atoms with van der Waals surface area (Å²) < 4.78 is 2.68. The van der Waals surface area contributed by atoms with Gasteiger partial charge in [0.05, 0.1) is 5.69 Å². The van der Waals surface area contributed by atoms with Crippen molar-refractivity contribution in [1.29, 1.82) is 0 Å². The average Bonchev–Trinajstić information content (AvgIpc) is 3.58. The van der Waals surface area contributed by atoms with E-state index in [1.165, 1.54) is 75.1 Å². The summed E-state index contributed by atoms with van der Waals surface area (Å²) in [4.78, 5) is 2.38. The molecule has 0 unspecified atom stereocenters. The van der Waals surface area contributed by atoms with Crippen molar-refractivity contribution in [3.8, 4) is 33.4 Å². The largest absolute Gasteiger partial charge is 0.310 e. The van der Waals surface area contributed by atoms with Crippen LogP contribution in [0.4, 0.5) is 17.1 Å². The van der Waals surface area contributed by atoms with Crippen molar-refractivity contribution < 1.29 is 0 Å². The van der Waals surface area contributed by atoms with Crippen LogP contribution in [-0.2, 0) is 0 Å². The summed E-state index contributed by atoms with van der Waals surface area (Å²) in [7, 11) is 0. The zero-order valence-electron chi connectivity index (χ0n) is 28.4. The van der Waals surface area contributed by atoms with Gasteiger partial charge < -0.3 is 4.90 Å². The molecule has 0 aliphatic carbocycles. The first-order valence-electron chi connectivity index (χ1n) is 17.7. The van der Waals surface area contributed by atoms with Gasteiger partial charge in [0, 0.05) is 37.1 Å². The maximum atomic E-state index is 2.38. The predicted molar refractivity (Wildman–Crippen MR) is 225 cm³/mol. The van der Waals surface area contributed by atoms with Gasteiger partial charge in [-0.15, -0.1) is 11.3 Å². The van der Waals surface area contributed by atoms with Crippen LogP contribution in [0.5, 0.6) is 0 Å². The van der Waals surface area contributed by atoms with Crippen LogP contribution < -0.4 is 4.90 Å². The second kappa shape index (κ2) is 12.7. The molecule has 0 spiro atoms. The van der Waals surface area contributed by atoms with Crippen LogP contribution in [0, 0.1) is 0 Å². The number of fused-ring (bicyclic) bond motifs is 5. The summed E-state index contributed by atoms with van der Waals surface area (Å²) in [5.74, 6) is 0. The third-order valence-corrected chi connectivity index (χ3v) is 11.4. The normalized spacial score (nSPS) is 11.5. The van der Waals surface area contributed by atoms with Crippen LogP contribution >= 0.6 is 11.3 Å². The van der Waals surface area contributed by atoms with Gasteiger partial charge in [0.15, 0.2) is 0 Å². The molecule has 0 N–H and O–H groups in total. The molecule has 0 amide bonds. The molecule has 10 rings (SSSR count). The molecule has 52 heavy (non-hydrogen) atoms. The van der Waals surface area contributed by atoms with E-state index in [0.29, 0.717) is 0 Å². The molecule has 0 saturated heterocycles. The highest BCUT2D eigenvalue weighted by molar-refractivity contribution is 7.25. The number of para-hydroxylation sites is 1. The van der Waals surface area contributed by atoms with Crippen molar-refractivity contribution in [2.75, 3.05) is 4.90 Å². The second-order valence-electron chi connectivity index (χ2n) is 13.4. The Kier molecular flexibility index (Phi) is 7.41. The zero-order valence-corrected chi connectivity index (χ0v) is 29.2. The molecular formula is C50H33NS. The van der Waals surface area contributed by atoms with Crippen LogP contribution in [-0.4, -0.2) is 0 Å². The van der Waals surface area contributed by atoms with Gasteiger partial charge in [0.1, 0.15) is 0 Å². The first-order chi connectivity index (χ1) is 25.7. The lowest BCUT2D eigenvalue weighted by Crippen LogP contribution is -2.11. The lowest BCUT2D eigenvalue weighted by atomic mass is 9.98. The van der Waals surface area contributed by atoms with Crippen LogP contribution in [0.2, 0.25) is 0 Å². The molecule has 0 saturated carbocycles. The number of thiophene rings is 1. The lowest BCUT2D eigenvalue weighted by molar-refractivity contribution is 1.28. The van der Waals surface area contributed by atoms with Gasteiger partial charge in [0.25, 0.3) is 0 Å². The van der Waals surface area contributed by atoms with Crippen molar-refractivity contribution in [3.05, 3.63) is 200 Å². The van der Waals surface area contributed by atoms with Crippen molar-refractivity contribution >= 4 is 70.1 Å². The van der Waals surface area contributed by atoms with E-state index < -0.39 is 0 Å². The minimum absolute atomic E-state index is 1.11. The summed E-state index contributed by atoms with van der Waals surface area (Å²) in [5, 5.41) is 7.72. The third-order valence-electron chi connectivity index (χ3n) is 10.2. The predicted octanol–water partition coefficient (Wildman–Crippen LogP) is 14.8. The van der Waals surface area contributed by atoms with E-state index >= 15 is 0 Å². The number of hydrogen-bond acceptors (Lipinski definition) is 2. The van der Waals surface area contributed by atoms with Crippen LogP contribution in [0.1, 0.15) is 0 Å². The molecule has 0 aliphatic heterocycles. The second-order valence-corrected chi connectivity index (χ2v) is 14.5. The zero-order chi connectivity index (χ0) is 34.4. The molecule has 2 heteroatoms. The molecule has 9 aromatic carbocycles. The van der Waals surface area contributed by atoms with Gasteiger partial charge in [-0.25, -0.2) is 0 Å². The van der Waals surface area contributed by atoms with Gasteiger partial charge >= 0.3 is 0 Å². The van der Waals surface area contributed by atoms with Crippen LogP contribution in [0.15, 0.2) is 200 Å². The van der Waals surface area contributed by atoms with Crippen molar-refractivity contribution in [1.82, 2.24) is 0 Å². The minimum atomic E-state index is 1.11. The molecule has 0 aliphatic rings. The summed E-state index contributed by atoms with van der Waals surface area (Å²) in [6.07, 6.45) is 0. The number of benzene rings is 9.